The molecule has 0 aliphatic heterocycles. The predicted octanol–water partition coefficient (Wildman–Crippen LogP) is 3.77. The van der Waals surface area contributed by atoms with Crippen molar-refractivity contribution in [3.63, 3.8) is 0 Å². The maximum Gasteiger partial charge on any atom is 0.294 e. The monoisotopic (exact) mass is 452 g/mol. The Balaban J connectivity index is 2.14. The second-order valence-corrected chi connectivity index (χ2v) is 9.07. The van der Waals surface area contributed by atoms with Crippen molar-refractivity contribution >= 4 is 42.4 Å². The highest BCUT2D eigenvalue weighted by atomic mass is 32.2. The summed E-state index contributed by atoms with van der Waals surface area (Å²) in [5.41, 5.74) is 0.355. The van der Waals surface area contributed by atoms with E-state index >= 15 is 0 Å². The van der Waals surface area contributed by atoms with Crippen molar-refractivity contribution in [2.45, 2.75) is 16.7 Å². The Hall–Kier alpha value is -3.06. The molecule has 0 spiro atoms. The predicted molar refractivity (Wildman–Crippen MR) is 107 cm³/mol. The fourth-order valence-corrected chi connectivity index (χ4v) is 4.06. The molecule has 0 atom stereocenters. The van der Waals surface area contributed by atoms with Crippen LogP contribution >= 0.6 is 0 Å². The SMILES string of the molecule is COc1cc(S(=O)(=O)O)c(C)cc1/N=N/c1c(O)ccc2cc(S(=O)(=O)O)ccc12. The van der Waals surface area contributed by atoms with Gasteiger partial charge in [0.2, 0.25) is 0 Å². The number of azo groups is 1. The van der Waals surface area contributed by atoms with Gasteiger partial charge in [-0.25, -0.2) is 0 Å². The molecule has 0 fully saturated rings. The second kappa shape index (κ2) is 7.65. The topological polar surface area (TPSA) is 163 Å². The third-order valence-electron chi connectivity index (χ3n) is 4.25. The molecule has 3 N–H and O–H groups in total. The van der Waals surface area contributed by atoms with E-state index < -0.39 is 20.2 Å². The first kappa shape index (κ1) is 21.6. The van der Waals surface area contributed by atoms with E-state index in [0.29, 0.717) is 10.8 Å². The van der Waals surface area contributed by atoms with Crippen molar-refractivity contribution in [2.24, 2.45) is 10.2 Å². The van der Waals surface area contributed by atoms with E-state index in [0.717, 1.165) is 12.1 Å². The number of ether oxygens (including phenoxy) is 1. The lowest BCUT2D eigenvalue weighted by Crippen LogP contribution is -2.01. The van der Waals surface area contributed by atoms with Crippen molar-refractivity contribution in [1.29, 1.82) is 0 Å². The quantitative estimate of drug-likeness (QED) is 0.389. The molecule has 0 saturated carbocycles. The maximum atomic E-state index is 11.5. The van der Waals surface area contributed by atoms with Gasteiger partial charge in [0.15, 0.2) is 0 Å². The molecule has 0 aliphatic carbocycles. The third kappa shape index (κ3) is 4.26. The zero-order valence-corrected chi connectivity index (χ0v) is 17.3. The van der Waals surface area contributed by atoms with Crippen molar-refractivity contribution in [3.05, 3.63) is 48.0 Å². The molecule has 0 aromatic heterocycles. The van der Waals surface area contributed by atoms with Gasteiger partial charge in [-0.3, -0.25) is 9.11 Å². The molecule has 3 aromatic rings. The Morgan fingerprint density at radius 3 is 2.20 bits per heavy atom. The summed E-state index contributed by atoms with van der Waals surface area (Å²) in [5, 5.41) is 18.9. The summed E-state index contributed by atoms with van der Waals surface area (Å²) in [6.07, 6.45) is 0. The van der Waals surface area contributed by atoms with Gasteiger partial charge < -0.3 is 9.84 Å². The summed E-state index contributed by atoms with van der Waals surface area (Å²) >= 11 is 0. The maximum absolute atomic E-state index is 11.5. The standard InChI is InChI=1S/C18H16N2O8S2/c1-10-7-14(16(28-2)9-17(10)30(25,26)27)19-20-18-13-5-4-12(29(22,23)24)8-11(13)3-6-15(18)21/h3-9,21H,1-2H3,(H,22,23,24)(H,25,26,27)/b20-19+. The van der Waals surface area contributed by atoms with Crippen LogP contribution in [0.5, 0.6) is 11.5 Å². The van der Waals surface area contributed by atoms with Gasteiger partial charge in [0.25, 0.3) is 20.2 Å². The Morgan fingerprint density at radius 1 is 0.900 bits per heavy atom. The van der Waals surface area contributed by atoms with E-state index in [1.54, 1.807) is 0 Å². The second-order valence-electron chi connectivity index (χ2n) is 6.26. The van der Waals surface area contributed by atoms with E-state index in [2.05, 4.69) is 10.2 Å². The molecule has 0 saturated heterocycles. The van der Waals surface area contributed by atoms with Crippen LogP contribution in [0.25, 0.3) is 10.8 Å². The number of fused-ring (bicyclic) bond motifs is 1. The molecule has 0 aliphatic rings. The lowest BCUT2D eigenvalue weighted by Gasteiger charge is -2.09. The molecule has 0 radical (unpaired) electrons. The van der Waals surface area contributed by atoms with Crippen LogP contribution in [-0.2, 0) is 20.2 Å². The van der Waals surface area contributed by atoms with Gasteiger partial charge in [-0.15, -0.1) is 10.2 Å². The number of rotatable bonds is 5. The highest BCUT2D eigenvalue weighted by molar-refractivity contribution is 7.86. The minimum atomic E-state index is -4.46. The van der Waals surface area contributed by atoms with Gasteiger partial charge in [0.1, 0.15) is 27.8 Å². The normalized spacial score (nSPS) is 12.5. The summed E-state index contributed by atoms with van der Waals surface area (Å²) in [6.45, 7) is 1.45. The number of hydrogen-bond acceptors (Lipinski definition) is 8. The number of phenols is 1. The van der Waals surface area contributed by atoms with Gasteiger partial charge in [-0.2, -0.15) is 16.8 Å². The summed E-state index contributed by atoms with van der Waals surface area (Å²) in [5.74, 6) is -0.221. The molecule has 3 rings (SSSR count). The minimum absolute atomic E-state index is 0.0189. The number of methoxy groups -OCH3 is 1. The highest BCUT2D eigenvalue weighted by Gasteiger charge is 2.18. The highest BCUT2D eigenvalue weighted by Crippen LogP contribution is 2.39. The van der Waals surface area contributed by atoms with Gasteiger partial charge in [0.05, 0.1) is 12.0 Å². The first-order chi connectivity index (χ1) is 13.9. The Morgan fingerprint density at radius 2 is 1.60 bits per heavy atom. The summed E-state index contributed by atoms with van der Waals surface area (Å²) in [7, 11) is -7.59. The molecule has 3 aromatic carbocycles. The average molecular weight is 452 g/mol. The van der Waals surface area contributed by atoms with E-state index in [4.69, 9.17) is 4.74 Å². The van der Waals surface area contributed by atoms with Gasteiger partial charge in [-0.1, -0.05) is 12.1 Å². The van der Waals surface area contributed by atoms with Crippen LogP contribution in [0.1, 0.15) is 5.56 Å². The fourth-order valence-electron chi connectivity index (χ4n) is 2.82. The van der Waals surface area contributed by atoms with Crippen molar-refractivity contribution in [3.8, 4) is 11.5 Å². The lowest BCUT2D eigenvalue weighted by molar-refractivity contribution is 0.413. The van der Waals surface area contributed by atoms with Crippen LogP contribution in [0.15, 0.2) is 62.5 Å². The molecule has 0 amide bonds. The Bertz CT molecular complexity index is 1400. The molecular weight excluding hydrogens is 436 g/mol. The first-order valence-corrected chi connectivity index (χ1v) is 11.1. The first-order valence-electron chi connectivity index (χ1n) is 8.23. The number of phenolic OH excluding ortho intramolecular Hbond substituents is 1. The van der Waals surface area contributed by atoms with Gasteiger partial charge >= 0.3 is 0 Å². The third-order valence-corrected chi connectivity index (χ3v) is 6.10. The summed E-state index contributed by atoms with van der Waals surface area (Å²) in [6, 6.07) is 8.90. The van der Waals surface area contributed by atoms with Crippen molar-refractivity contribution in [1.82, 2.24) is 0 Å². The van der Waals surface area contributed by atoms with Crippen molar-refractivity contribution in [2.75, 3.05) is 7.11 Å². The number of benzene rings is 3. The van der Waals surface area contributed by atoms with Crippen LogP contribution in [0.4, 0.5) is 11.4 Å². The molecular formula is C18H16N2O8S2. The number of aryl methyl sites for hydroxylation is 1. The molecule has 0 unspecified atom stereocenters. The van der Waals surface area contributed by atoms with E-state index in [1.807, 2.05) is 0 Å². The zero-order valence-electron chi connectivity index (χ0n) is 15.6. The van der Waals surface area contributed by atoms with Gasteiger partial charge in [0, 0.05) is 11.5 Å². The van der Waals surface area contributed by atoms with Crippen LogP contribution in [0.2, 0.25) is 0 Å². The molecule has 158 valence electrons. The average Bonchev–Trinajstić information content (AvgIpc) is 2.65. The largest absolute Gasteiger partial charge is 0.506 e. The van der Waals surface area contributed by atoms with E-state index in [9.17, 15) is 31.0 Å². The Kier molecular flexibility index (Phi) is 5.52. The fraction of sp³-hybridized carbons (Fsp3) is 0.111. The summed E-state index contributed by atoms with van der Waals surface area (Å²) in [4.78, 5) is -0.661. The van der Waals surface area contributed by atoms with Crippen molar-refractivity contribution < 1.29 is 35.8 Å². The van der Waals surface area contributed by atoms with Crippen LogP contribution in [-0.4, -0.2) is 38.2 Å². The van der Waals surface area contributed by atoms with E-state index in [1.165, 1.54) is 44.4 Å². The van der Waals surface area contributed by atoms with Crippen LogP contribution < -0.4 is 4.74 Å². The summed E-state index contributed by atoms with van der Waals surface area (Å²) < 4.78 is 69.2. The lowest BCUT2D eigenvalue weighted by atomic mass is 10.1. The Labute approximate surface area is 172 Å². The smallest absolute Gasteiger partial charge is 0.294 e. The zero-order chi connectivity index (χ0) is 22.3. The molecule has 10 nitrogen and oxygen atoms in total. The molecule has 12 heteroatoms. The molecule has 0 heterocycles. The van der Waals surface area contributed by atoms with Crippen LogP contribution in [0, 0.1) is 6.92 Å². The number of hydrogen-bond donors (Lipinski definition) is 3. The van der Waals surface area contributed by atoms with Crippen LogP contribution in [0.3, 0.4) is 0 Å². The number of nitrogens with zero attached hydrogens (tertiary/aromatic N) is 2. The minimum Gasteiger partial charge on any atom is -0.506 e. The molecule has 0 bridgehead atoms. The van der Waals surface area contributed by atoms with E-state index in [-0.39, 0.29) is 38.2 Å². The van der Waals surface area contributed by atoms with Gasteiger partial charge in [-0.05, 0) is 42.1 Å². The number of aromatic hydroxyl groups is 1. The molecule has 30 heavy (non-hydrogen) atoms.